The fraction of sp³-hybridized carbons (Fsp3) is 0.727. The Hall–Kier alpha value is -1.82. The minimum Gasteiger partial charge on any atom is -0.478 e. The number of aliphatic hydroxyl groups is 1. The molecule has 1 amide bonds. The lowest BCUT2D eigenvalue weighted by molar-refractivity contribution is -0.121. The number of rotatable bonds is 8. The Balaban J connectivity index is 2.19. The minimum absolute atomic E-state index is 0.00135. The molecule has 4 N–H and O–H groups in total. The van der Waals surface area contributed by atoms with Crippen molar-refractivity contribution >= 4 is 12.1 Å². The van der Waals surface area contributed by atoms with Crippen molar-refractivity contribution in [1.82, 2.24) is 10.6 Å². The average molecular weight is 392 g/mol. The van der Waals surface area contributed by atoms with Gasteiger partial charge in [0.05, 0.1) is 12.2 Å². The summed E-state index contributed by atoms with van der Waals surface area (Å²) in [5, 5.41) is 24.5. The van der Waals surface area contributed by atoms with E-state index in [4.69, 9.17) is 10.1 Å². The number of allylic oxidation sites excluding steroid dienone is 1. The third-order valence-electron chi connectivity index (χ3n) is 5.77. The second-order valence-electron chi connectivity index (χ2n) is 9.22. The normalized spacial score (nSPS) is 33.4. The van der Waals surface area contributed by atoms with Gasteiger partial charge in [0.1, 0.15) is 5.57 Å². The summed E-state index contributed by atoms with van der Waals surface area (Å²) in [6, 6.07) is -0.00135. The van der Waals surface area contributed by atoms with Crippen molar-refractivity contribution in [2.45, 2.75) is 71.9 Å². The second-order valence-corrected chi connectivity index (χ2v) is 9.22. The van der Waals surface area contributed by atoms with Gasteiger partial charge in [-0.25, -0.2) is 0 Å². The van der Waals surface area contributed by atoms with E-state index in [0.29, 0.717) is 36.7 Å². The molecule has 2 aliphatic rings. The summed E-state index contributed by atoms with van der Waals surface area (Å²) < 4.78 is 5.78. The molecule has 2 bridgehead atoms. The number of hydrogen-bond acceptors (Lipinski definition) is 5. The van der Waals surface area contributed by atoms with E-state index in [9.17, 15) is 9.90 Å². The van der Waals surface area contributed by atoms with Gasteiger partial charge in [-0.15, -0.1) is 0 Å². The Morgan fingerprint density at radius 3 is 2.68 bits per heavy atom. The monoisotopic (exact) mass is 391 g/mol. The number of fused-ring (bicyclic) bond motifs is 2. The maximum atomic E-state index is 13.0. The number of nitrogens with one attached hydrogen (secondary N) is 3. The highest BCUT2D eigenvalue weighted by Gasteiger charge is 2.45. The average Bonchev–Trinajstić information content (AvgIpc) is 2.59. The van der Waals surface area contributed by atoms with Crippen molar-refractivity contribution in [3.63, 3.8) is 0 Å². The summed E-state index contributed by atoms with van der Waals surface area (Å²) in [6.07, 6.45) is 8.16. The SMILES string of the molecule is C/C=C/N/C(OCC(C)C)=C(\C=N)C(=O)NC1C(C)CC2CC1C[C@@](C)(O)C2. The molecule has 0 aromatic carbocycles. The van der Waals surface area contributed by atoms with E-state index in [1.807, 2.05) is 33.8 Å². The summed E-state index contributed by atoms with van der Waals surface area (Å²) in [4.78, 5) is 13.0. The Morgan fingerprint density at radius 2 is 2.07 bits per heavy atom. The smallest absolute Gasteiger partial charge is 0.258 e. The third-order valence-corrected chi connectivity index (χ3v) is 5.77. The van der Waals surface area contributed by atoms with Gasteiger partial charge in [0.25, 0.3) is 5.91 Å². The molecule has 0 spiro atoms. The van der Waals surface area contributed by atoms with Gasteiger partial charge in [0.15, 0.2) is 0 Å². The van der Waals surface area contributed by atoms with E-state index in [1.165, 1.54) is 0 Å². The molecule has 28 heavy (non-hydrogen) atoms. The number of carbonyl (C=O) groups is 1. The number of carbonyl (C=O) groups excluding carboxylic acids is 1. The Labute approximate surface area is 169 Å². The fourth-order valence-corrected chi connectivity index (χ4v) is 4.78. The molecule has 0 radical (unpaired) electrons. The van der Waals surface area contributed by atoms with Gasteiger partial charge in [-0.1, -0.05) is 26.8 Å². The van der Waals surface area contributed by atoms with Crippen LogP contribution in [0.1, 0.15) is 60.3 Å². The number of ether oxygens (including phenoxy) is 1. The van der Waals surface area contributed by atoms with E-state index in [-0.39, 0.29) is 23.4 Å². The molecule has 6 nitrogen and oxygen atoms in total. The zero-order valence-electron chi connectivity index (χ0n) is 17.9. The standard InChI is InChI=1S/C22H37N3O3/c1-6-7-24-21(28-13-14(2)3)18(12-23)20(26)25-19-15(4)8-16-9-17(19)11-22(5,27)10-16/h6-7,12,14-17,19,23-24,27H,8-11,13H2,1-5H3,(H,25,26)/b7-6+,21-18-,23-12?/t15?,16?,17?,19?,22-/m0/s1. The molecule has 2 rings (SSSR count). The largest absolute Gasteiger partial charge is 0.478 e. The molecule has 0 aromatic rings. The van der Waals surface area contributed by atoms with Crippen LogP contribution in [0.4, 0.5) is 0 Å². The molecule has 0 saturated heterocycles. The van der Waals surface area contributed by atoms with Crippen LogP contribution in [0.5, 0.6) is 0 Å². The summed E-state index contributed by atoms with van der Waals surface area (Å²) >= 11 is 0. The van der Waals surface area contributed by atoms with Crippen LogP contribution in [-0.2, 0) is 9.53 Å². The third kappa shape index (κ3) is 5.84. The van der Waals surface area contributed by atoms with E-state index >= 15 is 0 Å². The molecular weight excluding hydrogens is 354 g/mol. The van der Waals surface area contributed by atoms with E-state index < -0.39 is 5.60 Å². The highest BCUT2D eigenvalue weighted by atomic mass is 16.5. The van der Waals surface area contributed by atoms with Crippen LogP contribution in [0.25, 0.3) is 0 Å². The lowest BCUT2D eigenvalue weighted by atomic mass is 9.61. The zero-order valence-corrected chi connectivity index (χ0v) is 17.9. The van der Waals surface area contributed by atoms with Crippen LogP contribution >= 0.6 is 0 Å². The van der Waals surface area contributed by atoms with Crippen molar-refractivity contribution in [1.29, 1.82) is 5.41 Å². The quantitative estimate of drug-likeness (QED) is 0.290. The number of hydrogen-bond donors (Lipinski definition) is 4. The van der Waals surface area contributed by atoms with Crippen molar-refractivity contribution in [2.24, 2.45) is 23.7 Å². The van der Waals surface area contributed by atoms with Gasteiger partial charge in [0, 0.05) is 12.3 Å². The van der Waals surface area contributed by atoms with Gasteiger partial charge in [-0.05, 0) is 69.4 Å². The van der Waals surface area contributed by atoms with Gasteiger partial charge in [-0.3, -0.25) is 4.79 Å². The first-order valence-corrected chi connectivity index (χ1v) is 10.4. The van der Waals surface area contributed by atoms with Gasteiger partial charge in [-0.2, -0.15) is 0 Å². The molecule has 0 aromatic heterocycles. The molecular formula is C22H37N3O3. The topological polar surface area (TPSA) is 94.4 Å². The Kier molecular flexibility index (Phi) is 7.70. The molecule has 2 fully saturated rings. The van der Waals surface area contributed by atoms with Crippen LogP contribution < -0.4 is 10.6 Å². The lowest BCUT2D eigenvalue weighted by Gasteiger charge is -2.49. The van der Waals surface area contributed by atoms with E-state index in [0.717, 1.165) is 25.5 Å². The molecule has 5 atom stereocenters. The summed E-state index contributed by atoms with van der Waals surface area (Å²) in [5.41, 5.74) is -0.466. The molecule has 6 heteroatoms. The first kappa shape index (κ1) is 22.5. The van der Waals surface area contributed by atoms with Crippen LogP contribution in [0.15, 0.2) is 23.7 Å². The zero-order chi connectivity index (χ0) is 20.9. The van der Waals surface area contributed by atoms with E-state index in [2.05, 4.69) is 17.6 Å². The van der Waals surface area contributed by atoms with Crippen molar-refractivity contribution in [3.8, 4) is 0 Å². The van der Waals surface area contributed by atoms with Gasteiger partial charge >= 0.3 is 0 Å². The lowest BCUT2D eigenvalue weighted by Crippen LogP contribution is -2.54. The first-order chi connectivity index (χ1) is 13.2. The number of amides is 1. The van der Waals surface area contributed by atoms with Crippen LogP contribution in [0.3, 0.4) is 0 Å². The molecule has 4 unspecified atom stereocenters. The second kappa shape index (κ2) is 9.59. The first-order valence-electron chi connectivity index (χ1n) is 10.4. The van der Waals surface area contributed by atoms with Gasteiger partial charge < -0.3 is 25.9 Å². The molecule has 2 aliphatic carbocycles. The summed E-state index contributed by atoms with van der Waals surface area (Å²) in [5.74, 6) is 1.44. The predicted octanol–water partition coefficient (Wildman–Crippen LogP) is 3.34. The van der Waals surface area contributed by atoms with Crippen molar-refractivity contribution < 1.29 is 14.6 Å². The maximum Gasteiger partial charge on any atom is 0.258 e. The fourth-order valence-electron chi connectivity index (χ4n) is 4.78. The highest BCUT2D eigenvalue weighted by Crippen LogP contribution is 2.46. The van der Waals surface area contributed by atoms with Crippen LogP contribution in [-0.4, -0.2) is 35.5 Å². The van der Waals surface area contributed by atoms with Crippen LogP contribution in [0.2, 0.25) is 0 Å². The predicted molar refractivity (Wildman–Crippen MR) is 112 cm³/mol. The summed E-state index contributed by atoms with van der Waals surface area (Å²) in [7, 11) is 0. The Bertz CT molecular complexity index is 623. The van der Waals surface area contributed by atoms with Crippen molar-refractivity contribution in [3.05, 3.63) is 23.7 Å². The van der Waals surface area contributed by atoms with E-state index in [1.54, 1.807) is 6.20 Å². The molecule has 158 valence electrons. The molecule has 0 aliphatic heterocycles. The van der Waals surface area contributed by atoms with Gasteiger partial charge in [0.2, 0.25) is 5.88 Å². The minimum atomic E-state index is -0.657. The Morgan fingerprint density at radius 1 is 1.36 bits per heavy atom. The molecule has 2 saturated carbocycles. The van der Waals surface area contributed by atoms with Crippen LogP contribution in [0, 0.1) is 29.1 Å². The maximum absolute atomic E-state index is 13.0. The van der Waals surface area contributed by atoms with Crippen molar-refractivity contribution in [2.75, 3.05) is 6.61 Å². The summed E-state index contributed by atoms with van der Waals surface area (Å²) in [6.45, 7) is 10.5. The molecule has 0 heterocycles. The highest BCUT2D eigenvalue weighted by molar-refractivity contribution is 6.11.